The number of aromatic nitrogens is 4. The highest BCUT2D eigenvalue weighted by atomic mass is 15.1. The normalized spacial score (nSPS) is 10.6. The molecule has 0 radical (unpaired) electrons. The van der Waals surface area contributed by atoms with E-state index in [9.17, 15) is 0 Å². The second-order valence-corrected chi connectivity index (χ2v) is 4.16. The number of imidazole rings is 1. The molecule has 0 bridgehead atoms. The summed E-state index contributed by atoms with van der Waals surface area (Å²) >= 11 is 0. The fraction of sp³-hybridized carbons (Fsp3) is 0.462. The van der Waals surface area contributed by atoms with Gasteiger partial charge in [0, 0.05) is 25.5 Å². The van der Waals surface area contributed by atoms with Gasteiger partial charge in [0.15, 0.2) is 5.82 Å². The van der Waals surface area contributed by atoms with E-state index < -0.39 is 0 Å². The largest absolute Gasteiger partial charge is 0.369 e. The van der Waals surface area contributed by atoms with Crippen LogP contribution in [0.1, 0.15) is 26.7 Å². The fourth-order valence-corrected chi connectivity index (χ4v) is 1.78. The Balaban J connectivity index is 2.24. The molecule has 0 saturated heterocycles. The lowest BCUT2D eigenvalue weighted by Crippen LogP contribution is -2.05. The van der Waals surface area contributed by atoms with E-state index in [0.717, 1.165) is 43.3 Å². The molecule has 0 spiro atoms. The lowest BCUT2D eigenvalue weighted by Gasteiger charge is -2.07. The SMILES string of the molecule is CCCNc1cncc(-c2nccn2CCC)n1. The Kier molecular flexibility index (Phi) is 4.28. The molecule has 2 rings (SSSR count). The predicted octanol–water partition coefficient (Wildman–Crippen LogP) is 2.57. The summed E-state index contributed by atoms with van der Waals surface area (Å²) in [5.41, 5.74) is 0.814. The molecule has 0 aliphatic heterocycles. The molecule has 1 N–H and O–H groups in total. The van der Waals surface area contributed by atoms with Gasteiger partial charge in [-0.15, -0.1) is 0 Å². The first-order valence-electron chi connectivity index (χ1n) is 6.42. The minimum atomic E-state index is 0.806. The molecule has 2 aromatic heterocycles. The highest BCUT2D eigenvalue weighted by Gasteiger charge is 2.08. The lowest BCUT2D eigenvalue weighted by molar-refractivity contribution is 0.683. The van der Waals surface area contributed by atoms with Crippen molar-refractivity contribution in [3.8, 4) is 11.5 Å². The minimum absolute atomic E-state index is 0.806. The van der Waals surface area contributed by atoms with Gasteiger partial charge >= 0.3 is 0 Å². The van der Waals surface area contributed by atoms with Crippen LogP contribution in [-0.4, -0.2) is 26.1 Å². The molecule has 0 amide bonds. The number of anilines is 1. The summed E-state index contributed by atoms with van der Waals surface area (Å²) in [5.74, 6) is 1.69. The molecule has 2 aromatic rings. The summed E-state index contributed by atoms with van der Waals surface area (Å²) in [6.45, 7) is 6.12. The molecule has 5 nitrogen and oxygen atoms in total. The van der Waals surface area contributed by atoms with Crippen LogP contribution < -0.4 is 5.32 Å². The van der Waals surface area contributed by atoms with Crippen LogP contribution in [0.5, 0.6) is 0 Å². The Bertz CT molecular complexity index is 492. The van der Waals surface area contributed by atoms with Gasteiger partial charge in [-0.2, -0.15) is 0 Å². The van der Waals surface area contributed by atoms with Crippen LogP contribution in [0.4, 0.5) is 5.82 Å². The standard InChI is InChI=1S/C13H19N5/c1-3-5-15-12-10-14-9-11(17-12)13-16-6-8-18(13)7-4-2/h6,8-10H,3-5,7H2,1-2H3,(H,15,17). The van der Waals surface area contributed by atoms with E-state index in [2.05, 4.69) is 38.7 Å². The van der Waals surface area contributed by atoms with E-state index >= 15 is 0 Å². The van der Waals surface area contributed by atoms with Crippen molar-refractivity contribution in [2.75, 3.05) is 11.9 Å². The van der Waals surface area contributed by atoms with Crippen molar-refractivity contribution in [2.45, 2.75) is 33.2 Å². The van der Waals surface area contributed by atoms with Crippen molar-refractivity contribution in [3.63, 3.8) is 0 Å². The monoisotopic (exact) mass is 245 g/mol. The summed E-state index contributed by atoms with van der Waals surface area (Å²) in [6, 6.07) is 0. The quantitative estimate of drug-likeness (QED) is 0.849. The van der Waals surface area contributed by atoms with Crippen LogP contribution in [0.15, 0.2) is 24.8 Å². The number of hydrogen-bond acceptors (Lipinski definition) is 4. The van der Waals surface area contributed by atoms with Crippen LogP contribution in [0.25, 0.3) is 11.5 Å². The third-order valence-corrected chi connectivity index (χ3v) is 2.60. The molecular formula is C13H19N5. The number of hydrogen-bond donors (Lipinski definition) is 1. The third-order valence-electron chi connectivity index (χ3n) is 2.60. The van der Waals surface area contributed by atoms with Gasteiger partial charge in [0.1, 0.15) is 11.5 Å². The maximum Gasteiger partial charge on any atom is 0.160 e. The first-order valence-corrected chi connectivity index (χ1v) is 6.42. The zero-order chi connectivity index (χ0) is 12.8. The van der Waals surface area contributed by atoms with Gasteiger partial charge in [0.2, 0.25) is 0 Å². The van der Waals surface area contributed by atoms with Gasteiger partial charge in [-0.25, -0.2) is 9.97 Å². The Labute approximate surface area is 107 Å². The maximum atomic E-state index is 4.54. The highest BCUT2D eigenvalue weighted by molar-refractivity contribution is 5.51. The van der Waals surface area contributed by atoms with Crippen molar-refractivity contribution < 1.29 is 0 Å². The van der Waals surface area contributed by atoms with Gasteiger partial charge in [0.25, 0.3) is 0 Å². The number of nitrogens with zero attached hydrogens (tertiary/aromatic N) is 4. The van der Waals surface area contributed by atoms with Crippen molar-refractivity contribution >= 4 is 5.82 Å². The van der Waals surface area contributed by atoms with E-state index in [-0.39, 0.29) is 0 Å². The number of aryl methyl sites for hydroxylation is 1. The lowest BCUT2D eigenvalue weighted by atomic mass is 10.4. The van der Waals surface area contributed by atoms with Gasteiger partial charge in [0.05, 0.1) is 12.4 Å². The van der Waals surface area contributed by atoms with Crippen molar-refractivity contribution in [1.82, 2.24) is 19.5 Å². The van der Waals surface area contributed by atoms with Gasteiger partial charge in [-0.1, -0.05) is 13.8 Å². The molecule has 0 unspecified atom stereocenters. The van der Waals surface area contributed by atoms with Crippen molar-refractivity contribution in [1.29, 1.82) is 0 Å². The smallest absolute Gasteiger partial charge is 0.160 e. The van der Waals surface area contributed by atoms with Crippen molar-refractivity contribution in [3.05, 3.63) is 24.8 Å². The first kappa shape index (κ1) is 12.5. The van der Waals surface area contributed by atoms with Crippen molar-refractivity contribution in [2.24, 2.45) is 0 Å². The average Bonchev–Trinajstić information content (AvgIpc) is 2.85. The second kappa shape index (κ2) is 6.14. The molecule has 2 heterocycles. The number of rotatable bonds is 6. The summed E-state index contributed by atoms with van der Waals surface area (Å²) in [6.07, 6.45) is 9.42. The zero-order valence-corrected chi connectivity index (χ0v) is 10.9. The average molecular weight is 245 g/mol. The van der Waals surface area contributed by atoms with E-state index in [1.54, 1.807) is 18.6 Å². The Morgan fingerprint density at radius 2 is 2.11 bits per heavy atom. The Morgan fingerprint density at radius 1 is 1.22 bits per heavy atom. The van der Waals surface area contributed by atoms with Crippen LogP contribution in [0.3, 0.4) is 0 Å². The van der Waals surface area contributed by atoms with Gasteiger partial charge < -0.3 is 9.88 Å². The fourth-order valence-electron chi connectivity index (χ4n) is 1.78. The number of nitrogens with one attached hydrogen (secondary N) is 1. The molecule has 0 saturated carbocycles. The maximum absolute atomic E-state index is 4.54. The van der Waals surface area contributed by atoms with Crippen LogP contribution in [-0.2, 0) is 6.54 Å². The topological polar surface area (TPSA) is 55.6 Å². The summed E-state index contributed by atoms with van der Waals surface area (Å²) in [4.78, 5) is 13.1. The third kappa shape index (κ3) is 2.85. The van der Waals surface area contributed by atoms with Crippen LogP contribution in [0.2, 0.25) is 0 Å². The highest BCUT2D eigenvalue weighted by Crippen LogP contribution is 2.16. The molecule has 0 aromatic carbocycles. The molecule has 5 heteroatoms. The Morgan fingerprint density at radius 3 is 2.89 bits per heavy atom. The predicted molar refractivity (Wildman–Crippen MR) is 72.3 cm³/mol. The van der Waals surface area contributed by atoms with Gasteiger partial charge in [-0.3, -0.25) is 4.98 Å². The molecule has 0 fully saturated rings. The summed E-state index contributed by atoms with van der Waals surface area (Å²) in [7, 11) is 0. The van der Waals surface area contributed by atoms with Gasteiger partial charge in [-0.05, 0) is 12.8 Å². The molecule has 18 heavy (non-hydrogen) atoms. The second-order valence-electron chi connectivity index (χ2n) is 4.16. The molecule has 0 atom stereocenters. The van der Waals surface area contributed by atoms with Crippen LogP contribution >= 0.6 is 0 Å². The Hall–Kier alpha value is -1.91. The summed E-state index contributed by atoms with van der Waals surface area (Å²) in [5, 5.41) is 3.24. The van der Waals surface area contributed by atoms with E-state index in [1.165, 1.54) is 0 Å². The zero-order valence-electron chi connectivity index (χ0n) is 10.9. The molecule has 96 valence electrons. The van der Waals surface area contributed by atoms with Crippen LogP contribution in [0, 0.1) is 0 Å². The minimum Gasteiger partial charge on any atom is -0.369 e. The molecular weight excluding hydrogens is 226 g/mol. The first-order chi connectivity index (χ1) is 8.85. The van der Waals surface area contributed by atoms with E-state index in [0.29, 0.717) is 0 Å². The van der Waals surface area contributed by atoms with E-state index in [1.807, 2.05) is 6.20 Å². The molecule has 0 aliphatic rings. The summed E-state index contributed by atoms with van der Waals surface area (Å²) < 4.78 is 2.10. The van der Waals surface area contributed by atoms with E-state index in [4.69, 9.17) is 0 Å². The molecule has 0 aliphatic carbocycles.